The molecular weight excluding hydrogens is 255 g/mol. The Kier molecular flexibility index (Phi) is 3.50. The highest BCUT2D eigenvalue weighted by molar-refractivity contribution is 5.96. The van der Waals surface area contributed by atoms with Gasteiger partial charge < -0.3 is 10.6 Å². The SMILES string of the molecule is CCN(C(=O)C1C2CCC(C2)C1N)c1cccc(F)c1. The normalized spacial score (nSPS) is 31.6. The molecular formula is C16H21FN2O. The van der Waals surface area contributed by atoms with Crippen molar-refractivity contribution in [2.24, 2.45) is 23.5 Å². The summed E-state index contributed by atoms with van der Waals surface area (Å²) in [5.41, 5.74) is 6.88. The Bertz CT molecular complexity index is 517. The van der Waals surface area contributed by atoms with E-state index in [0.717, 1.165) is 19.3 Å². The topological polar surface area (TPSA) is 46.3 Å². The average Bonchev–Trinajstić information content (AvgIpc) is 3.00. The Morgan fingerprint density at radius 3 is 2.75 bits per heavy atom. The predicted molar refractivity (Wildman–Crippen MR) is 76.7 cm³/mol. The number of carbonyl (C=O) groups is 1. The molecule has 2 saturated carbocycles. The van der Waals surface area contributed by atoms with E-state index in [2.05, 4.69) is 0 Å². The highest BCUT2D eigenvalue weighted by atomic mass is 19.1. The molecule has 1 amide bonds. The maximum atomic E-state index is 13.4. The Hall–Kier alpha value is -1.42. The van der Waals surface area contributed by atoms with E-state index >= 15 is 0 Å². The van der Waals surface area contributed by atoms with Gasteiger partial charge in [-0.1, -0.05) is 6.07 Å². The van der Waals surface area contributed by atoms with Crippen molar-refractivity contribution in [2.45, 2.75) is 32.2 Å². The van der Waals surface area contributed by atoms with Crippen LogP contribution in [0.3, 0.4) is 0 Å². The molecule has 2 aliphatic rings. The maximum absolute atomic E-state index is 13.4. The number of halogens is 1. The maximum Gasteiger partial charge on any atom is 0.231 e. The third kappa shape index (κ3) is 2.12. The molecule has 0 aromatic heterocycles. The van der Waals surface area contributed by atoms with Gasteiger partial charge >= 0.3 is 0 Å². The average molecular weight is 276 g/mol. The van der Waals surface area contributed by atoms with E-state index in [0.29, 0.717) is 24.1 Å². The number of rotatable bonds is 3. The summed E-state index contributed by atoms with van der Waals surface area (Å²) in [7, 11) is 0. The molecule has 4 unspecified atom stereocenters. The lowest BCUT2D eigenvalue weighted by Gasteiger charge is -2.32. The molecule has 0 saturated heterocycles. The Morgan fingerprint density at radius 1 is 1.40 bits per heavy atom. The van der Waals surface area contributed by atoms with Gasteiger partial charge in [-0.25, -0.2) is 4.39 Å². The van der Waals surface area contributed by atoms with Gasteiger partial charge in [0.25, 0.3) is 0 Å². The standard InChI is InChI=1S/C16H21FN2O/c1-2-19(13-5-3-4-12(17)9-13)16(20)14-10-6-7-11(8-10)15(14)18/h3-5,9-11,14-15H,2,6-8,18H2,1H3. The molecule has 0 spiro atoms. The summed E-state index contributed by atoms with van der Waals surface area (Å²) in [4.78, 5) is 14.5. The number of benzene rings is 1. The molecule has 108 valence electrons. The molecule has 4 heteroatoms. The van der Waals surface area contributed by atoms with Crippen molar-refractivity contribution in [3.8, 4) is 0 Å². The molecule has 2 fully saturated rings. The number of carbonyl (C=O) groups excluding carboxylic acids is 1. The summed E-state index contributed by atoms with van der Waals surface area (Å²) >= 11 is 0. The van der Waals surface area contributed by atoms with E-state index < -0.39 is 0 Å². The molecule has 0 radical (unpaired) electrons. The molecule has 3 rings (SSSR count). The van der Waals surface area contributed by atoms with Crippen LogP contribution in [-0.2, 0) is 4.79 Å². The third-order valence-corrected chi connectivity index (χ3v) is 4.97. The number of fused-ring (bicyclic) bond motifs is 2. The van der Waals surface area contributed by atoms with Crippen molar-refractivity contribution >= 4 is 11.6 Å². The fourth-order valence-corrected chi connectivity index (χ4v) is 3.99. The minimum atomic E-state index is -0.314. The van der Waals surface area contributed by atoms with Crippen LogP contribution in [0.15, 0.2) is 24.3 Å². The summed E-state index contributed by atoms with van der Waals surface area (Å²) in [6.45, 7) is 2.46. The lowest BCUT2D eigenvalue weighted by molar-refractivity contribution is -0.124. The summed E-state index contributed by atoms with van der Waals surface area (Å²) in [5.74, 6) is 0.589. The number of hydrogen-bond donors (Lipinski definition) is 1. The first-order valence-electron chi connectivity index (χ1n) is 7.44. The number of nitrogens with zero attached hydrogens (tertiary/aromatic N) is 1. The van der Waals surface area contributed by atoms with E-state index in [1.807, 2.05) is 6.92 Å². The molecule has 1 aromatic rings. The first-order chi connectivity index (χ1) is 9.61. The zero-order valence-corrected chi connectivity index (χ0v) is 11.8. The van der Waals surface area contributed by atoms with Crippen molar-refractivity contribution in [3.63, 3.8) is 0 Å². The zero-order valence-electron chi connectivity index (χ0n) is 11.8. The van der Waals surface area contributed by atoms with Gasteiger partial charge in [-0.3, -0.25) is 4.79 Å². The van der Waals surface area contributed by atoms with Crippen molar-refractivity contribution in [1.29, 1.82) is 0 Å². The van der Waals surface area contributed by atoms with Gasteiger partial charge in [-0.2, -0.15) is 0 Å². The highest BCUT2D eigenvalue weighted by Crippen LogP contribution is 2.48. The fourth-order valence-electron chi connectivity index (χ4n) is 3.99. The largest absolute Gasteiger partial charge is 0.327 e. The summed E-state index contributed by atoms with van der Waals surface area (Å²) < 4.78 is 13.4. The molecule has 20 heavy (non-hydrogen) atoms. The smallest absolute Gasteiger partial charge is 0.231 e. The number of anilines is 1. The van der Waals surface area contributed by atoms with Crippen LogP contribution >= 0.6 is 0 Å². The minimum Gasteiger partial charge on any atom is -0.327 e. The Balaban J connectivity index is 1.84. The zero-order chi connectivity index (χ0) is 14.3. The number of hydrogen-bond acceptors (Lipinski definition) is 2. The second-order valence-electron chi connectivity index (χ2n) is 6.00. The van der Waals surface area contributed by atoms with Crippen molar-refractivity contribution in [3.05, 3.63) is 30.1 Å². The molecule has 0 heterocycles. The molecule has 0 aliphatic heterocycles. The van der Waals surface area contributed by atoms with Gasteiger partial charge in [0, 0.05) is 18.3 Å². The Labute approximate surface area is 118 Å². The molecule has 2 bridgehead atoms. The van der Waals surface area contributed by atoms with Crippen LogP contribution in [0.2, 0.25) is 0 Å². The number of amides is 1. The van der Waals surface area contributed by atoms with Crippen LogP contribution < -0.4 is 10.6 Å². The van der Waals surface area contributed by atoms with Crippen LogP contribution in [0.1, 0.15) is 26.2 Å². The van der Waals surface area contributed by atoms with Crippen molar-refractivity contribution in [1.82, 2.24) is 0 Å². The molecule has 4 atom stereocenters. The summed E-state index contributed by atoms with van der Waals surface area (Å²) in [5, 5.41) is 0. The quantitative estimate of drug-likeness (QED) is 0.922. The van der Waals surface area contributed by atoms with Gasteiger partial charge in [0.15, 0.2) is 0 Å². The van der Waals surface area contributed by atoms with Crippen molar-refractivity contribution in [2.75, 3.05) is 11.4 Å². The molecule has 2 N–H and O–H groups in total. The highest BCUT2D eigenvalue weighted by Gasteiger charge is 2.50. The monoisotopic (exact) mass is 276 g/mol. The van der Waals surface area contributed by atoms with Gasteiger partial charge in [-0.15, -0.1) is 0 Å². The van der Waals surface area contributed by atoms with E-state index in [9.17, 15) is 9.18 Å². The van der Waals surface area contributed by atoms with Gasteiger partial charge in [0.1, 0.15) is 5.82 Å². The first kappa shape index (κ1) is 13.6. The van der Waals surface area contributed by atoms with Crippen LogP contribution in [0, 0.1) is 23.6 Å². The lowest BCUT2D eigenvalue weighted by atomic mass is 9.84. The first-order valence-corrected chi connectivity index (χ1v) is 7.44. The minimum absolute atomic E-state index is 0.0242. The van der Waals surface area contributed by atoms with Gasteiger partial charge in [-0.05, 0) is 56.2 Å². The lowest BCUT2D eigenvalue weighted by Crippen LogP contribution is -2.47. The van der Waals surface area contributed by atoms with Gasteiger partial charge in [0.2, 0.25) is 5.91 Å². The summed E-state index contributed by atoms with van der Waals surface area (Å²) in [6.07, 6.45) is 3.34. The summed E-state index contributed by atoms with van der Waals surface area (Å²) in [6, 6.07) is 6.21. The molecule has 1 aromatic carbocycles. The van der Waals surface area contributed by atoms with E-state index in [4.69, 9.17) is 5.73 Å². The van der Waals surface area contributed by atoms with E-state index in [1.165, 1.54) is 12.1 Å². The Morgan fingerprint density at radius 2 is 2.15 bits per heavy atom. The van der Waals surface area contributed by atoms with Crippen LogP contribution in [-0.4, -0.2) is 18.5 Å². The van der Waals surface area contributed by atoms with E-state index in [1.54, 1.807) is 17.0 Å². The van der Waals surface area contributed by atoms with Crippen molar-refractivity contribution < 1.29 is 9.18 Å². The predicted octanol–water partition coefficient (Wildman–Crippen LogP) is 2.55. The second-order valence-corrected chi connectivity index (χ2v) is 6.00. The fraction of sp³-hybridized carbons (Fsp3) is 0.562. The van der Waals surface area contributed by atoms with E-state index in [-0.39, 0.29) is 23.7 Å². The van der Waals surface area contributed by atoms with Crippen LogP contribution in [0.5, 0.6) is 0 Å². The molecule has 3 nitrogen and oxygen atoms in total. The van der Waals surface area contributed by atoms with Gasteiger partial charge in [0.05, 0.1) is 5.92 Å². The molecule has 2 aliphatic carbocycles. The van der Waals surface area contributed by atoms with Crippen LogP contribution in [0.25, 0.3) is 0 Å². The van der Waals surface area contributed by atoms with Crippen LogP contribution in [0.4, 0.5) is 10.1 Å². The third-order valence-electron chi connectivity index (χ3n) is 4.97. The number of nitrogens with two attached hydrogens (primary N) is 1. The second kappa shape index (κ2) is 5.17.